The van der Waals surface area contributed by atoms with E-state index in [9.17, 15) is 62.7 Å². The Kier molecular flexibility index (Phi) is 25.4. The second kappa shape index (κ2) is 31.4. The van der Waals surface area contributed by atoms with Crippen molar-refractivity contribution in [3.05, 3.63) is 72.8 Å². The number of carbonyl (C=O) groups excluding carboxylic acids is 4. The van der Waals surface area contributed by atoms with Crippen LogP contribution in [0.2, 0.25) is 0 Å². The molecule has 5 aromatic rings. The lowest BCUT2D eigenvalue weighted by molar-refractivity contribution is -0.137. The van der Waals surface area contributed by atoms with E-state index in [2.05, 4.69) is 40.5 Å². The number of phosphoric acid groups is 3. The van der Waals surface area contributed by atoms with Gasteiger partial charge < -0.3 is 55.6 Å². The molecular weight excluding hydrogens is 1150 g/mol. The molecule has 7 atom stereocenters. The molecule has 3 aromatic carbocycles. The largest absolute Gasteiger partial charge is 0.481 e. The molecule has 1 fully saturated rings. The first-order chi connectivity index (χ1) is 38.9. The van der Waals surface area contributed by atoms with Crippen molar-refractivity contribution in [2.24, 2.45) is 5.41 Å². The van der Waals surface area contributed by atoms with Gasteiger partial charge in [0.15, 0.2) is 22.8 Å². The minimum Gasteiger partial charge on any atom is -0.462 e. The molecule has 0 bridgehead atoms. The summed E-state index contributed by atoms with van der Waals surface area (Å²) in [5, 5.41) is 30.6. The fraction of sp³-hybridized carbons (Fsp3) is 0.558. The van der Waals surface area contributed by atoms with Crippen LogP contribution >= 0.6 is 35.2 Å². The Bertz CT molecular complexity index is 3040. The first-order valence-corrected chi connectivity index (χ1v) is 32.6. The van der Waals surface area contributed by atoms with Crippen LogP contribution in [0.25, 0.3) is 32.7 Å². The number of imidazole rings is 1. The van der Waals surface area contributed by atoms with Gasteiger partial charge in [0.05, 0.1) is 31.7 Å². The Hall–Kier alpha value is -4.79. The minimum atomic E-state index is -5.59. The lowest BCUT2D eigenvalue weighted by Crippen LogP contribution is -2.46. The molecule has 3 heterocycles. The molecule has 10 N–H and O–H groups in total. The molecule has 82 heavy (non-hydrogen) atoms. The number of benzene rings is 3. The number of thioether (sulfide) groups is 1. The Labute approximate surface area is 478 Å². The maximum Gasteiger partial charge on any atom is 0.481 e. The molecule has 0 radical (unpaired) electrons. The highest BCUT2D eigenvalue weighted by Crippen LogP contribution is 2.61. The maximum absolute atomic E-state index is 13.2. The number of ether oxygens (including phenoxy) is 2. The van der Waals surface area contributed by atoms with Crippen LogP contribution < -0.4 is 16.4 Å². The summed E-state index contributed by atoms with van der Waals surface area (Å²) in [7, 11) is -16.5. The zero-order valence-electron chi connectivity index (χ0n) is 45.7. The number of aromatic nitrogens is 4. The number of nitrogen functional groups attached to an aromatic ring is 1. The molecule has 2 amide bonds. The third-order valence-electron chi connectivity index (χ3n) is 13.5. The van der Waals surface area contributed by atoms with Crippen LogP contribution in [-0.4, -0.2) is 135 Å². The van der Waals surface area contributed by atoms with Crippen molar-refractivity contribution in [2.75, 3.05) is 44.4 Å². The zero-order valence-corrected chi connectivity index (χ0v) is 49.2. The molecule has 0 aliphatic carbocycles. The number of nitrogens with zero attached hydrogens (tertiary/aromatic N) is 4. The molecular formula is C52H74N7O19P3S. The number of aliphatic hydroxyl groups excluding tert-OH is 2. The summed E-state index contributed by atoms with van der Waals surface area (Å²) in [6, 6.07) is 17.9. The molecule has 0 spiro atoms. The lowest BCUT2D eigenvalue weighted by atomic mass is 9.87. The van der Waals surface area contributed by atoms with E-state index in [1.165, 1.54) is 52.4 Å². The van der Waals surface area contributed by atoms with Crippen molar-refractivity contribution in [3.8, 4) is 0 Å². The number of hydrogen-bond donors (Lipinski definition) is 9. The fourth-order valence-corrected chi connectivity index (χ4v) is 12.7. The van der Waals surface area contributed by atoms with E-state index in [0.29, 0.717) is 24.3 Å². The summed E-state index contributed by atoms with van der Waals surface area (Å²) in [4.78, 5) is 102. The monoisotopic (exact) mass is 1230 g/mol. The number of rotatable bonds is 36. The van der Waals surface area contributed by atoms with Crippen molar-refractivity contribution in [1.29, 1.82) is 0 Å². The van der Waals surface area contributed by atoms with Crippen molar-refractivity contribution < 1.29 is 90.0 Å². The number of hydrogen-bond acceptors (Lipinski definition) is 20. The van der Waals surface area contributed by atoms with Gasteiger partial charge in [0.1, 0.15) is 36.3 Å². The van der Waals surface area contributed by atoms with E-state index in [4.69, 9.17) is 24.3 Å². The van der Waals surface area contributed by atoms with E-state index >= 15 is 0 Å². The van der Waals surface area contributed by atoms with Gasteiger partial charge in [-0.3, -0.25) is 32.5 Å². The number of anilines is 1. The molecule has 1 aliphatic heterocycles. The van der Waals surface area contributed by atoms with Crippen LogP contribution in [-0.2, 0) is 55.4 Å². The summed E-state index contributed by atoms with van der Waals surface area (Å²) in [5.74, 6) is -1.35. The minimum absolute atomic E-state index is 0.0284. The molecule has 452 valence electrons. The first-order valence-electron chi connectivity index (χ1n) is 27.1. The molecule has 0 saturated carbocycles. The lowest BCUT2D eigenvalue weighted by Gasteiger charge is -2.30. The Morgan fingerprint density at radius 2 is 1.37 bits per heavy atom. The van der Waals surface area contributed by atoms with Gasteiger partial charge >= 0.3 is 29.4 Å². The van der Waals surface area contributed by atoms with Crippen molar-refractivity contribution >= 4 is 96.7 Å². The number of nitrogens with one attached hydrogen (secondary N) is 2. The van der Waals surface area contributed by atoms with Gasteiger partial charge in [-0.25, -0.2) is 33.4 Å². The van der Waals surface area contributed by atoms with Gasteiger partial charge in [-0.1, -0.05) is 145 Å². The fourth-order valence-electron chi connectivity index (χ4n) is 9.15. The standard InChI is InChI=1S/C52H74N7O19P3S/c1-52(2,32-75-81(71,72)78-80(69,70)74-31-39-45(77-79(66,67)68)44(62)50(76-39)59-34-58-43-47(53)56-33-57-48(43)59)46(63)49(64)55-26-25-40(60)54-27-29-82-41(61)24-14-12-10-8-6-4-3-5-7-9-11-13-19-28-73-51(65)42-37-22-17-15-20-35(37)30-36-21-16-18-23-38(36)42/h15-18,20-23,30,33-34,39,44-46,50,62-63H,3-14,19,24-29,31-32H2,1-2H3,(H,54,60)(H,55,64)(H,69,70)(H,71,72)(H2,53,56,57)(H2,66,67,68). The van der Waals surface area contributed by atoms with Gasteiger partial charge in [-0.05, 0) is 40.5 Å². The molecule has 6 rings (SSSR count). The Morgan fingerprint density at radius 3 is 1.99 bits per heavy atom. The quantitative estimate of drug-likeness (QED) is 0.00822. The molecule has 1 aliphatic rings. The number of amides is 2. The number of nitrogens with two attached hydrogens (primary N) is 1. The van der Waals surface area contributed by atoms with Crippen LogP contribution in [0.3, 0.4) is 0 Å². The topological polar surface area (TPSA) is 390 Å². The van der Waals surface area contributed by atoms with Crippen molar-refractivity contribution in [1.82, 2.24) is 30.2 Å². The molecule has 30 heteroatoms. The predicted octanol–water partition coefficient (Wildman–Crippen LogP) is 7.29. The van der Waals surface area contributed by atoms with E-state index < -0.39 is 84.6 Å². The van der Waals surface area contributed by atoms with E-state index in [-0.39, 0.29) is 47.6 Å². The predicted molar refractivity (Wildman–Crippen MR) is 303 cm³/mol. The van der Waals surface area contributed by atoms with Crippen molar-refractivity contribution in [2.45, 2.75) is 141 Å². The number of esters is 1. The summed E-state index contributed by atoms with van der Waals surface area (Å²) >= 11 is 1.14. The van der Waals surface area contributed by atoms with Crippen LogP contribution in [0.5, 0.6) is 0 Å². The highest BCUT2D eigenvalue weighted by Gasteiger charge is 2.50. The number of phosphoric ester groups is 3. The molecule has 26 nitrogen and oxygen atoms in total. The molecule has 1 saturated heterocycles. The van der Waals surface area contributed by atoms with Gasteiger partial charge in [0.25, 0.3) is 0 Å². The van der Waals surface area contributed by atoms with E-state index in [1.807, 2.05) is 48.5 Å². The SMILES string of the molecule is CC(C)(COP(=O)(O)OP(=O)(O)OCC1OC(n2cnc3c(N)ncnc32)C(O)C1OP(=O)(O)O)C(O)C(=O)NCCC(=O)NCCSC(=O)CCCCCCCCCCCCCCCOC(=O)c1c2ccccc2cc2ccccc12. The normalized spacial score (nSPS) is 18.5. The number of carbonyl (C=O) groups is 4. The smallest absolute Gasteiger partial charge is 0.462 e. The van der Waals surface area contributed by atoms with Crippen LogP contribution in [0, 0.1) is 5.41 Å². The summed E-state index contributed by atoms with van der Waals surface area (Å²) in [6.45, 7) is 0.925. The average molecular weight is 1230 g/mol. The highest BCUT2D eigenvalue weighted by atomic mass is 32.2. The van der Waals surface area contributed by atoms with Gasteiger partial charge in [0.2, 0.25) is 11.8 Å². The zero-order chi connectivity index (χ0) is 59.5. The van der Waals surface area contributed by atoms with Gasteiger partial charge in [0, 0.05) is 37.1 Å². The second-order valence-electron chi connectivity index (χ2n) is 20.5. The Morgan fingerprint density at radius 1 is 0.780 bits per heavy atom. The van der Waals surface area contributed by atoms with E-state index in [1.54, 1.807) is 0 Å². The van der Waals surface area contributed by atoms with Gasteiger partial charge in [-0.2, -0.15) is 4.31 Å². The van der Waals surface area contributed by atoms with Crippen molar-refractivity contribution in [3.63, 3.8) is 0 Å². The molecule has 7 unspecified atom stereocenters. The second-order valence-corrected chi connectivity index (χ2v) is 25.9. The summed E-state index contributed by atoms with van der Waals surface area (Å²) in [5.41, 5.74) is 4.91. The summed E-state index contributed by atoms with van der Waals surface area (Å²) in [6.07, 6.45) is 7.61. The summed E-state index contributed by atoms with van der Waals surface area (Å²) < 4.78 is 68.4. The van der Waals surface area contributed by atoms with Crippen LogP contribution in [0.15, 0.2) is 67.3 Å². The van der Waals surface area contributed by atoms with E-state index in [0.717, 1.165) is 95.5 Å². The number of fused-ring (bicyclic) bond motifs is 3. The number of unbranched alkanes of at least 4 members (excludes halogenated alkanes) is 12. The van der Waals surface area contributed by atoms with Gasteiger partial charge in [-0.15, -0.1) is 0 Å². The third kappa shape index (κ3) is 20.5. The molecule has 2 aromatic heterocycles. The first kappa shape index (κ1) is 66.4. The van der Waals surface area contributed by atoms with Crippen LogP contribution in [0.4, 0.5) is 5.82 Å². The average Bonchev–Trinajstić information content (AvgIpc) is 2.78. The highest BCUT2D eigenvalue weighted by molar-refractivity contribution is 8.13. The number of aliphatic hydroxyl groups is 2. The Balaban J connectivity index is 0.742. The third-order valence-corrected chi connectivity index (χ3v) is 17.5. The maximum atomic E-state index is 13.2. The van der Waals surface area contributed by atoms with Crippen LogP contribution in [0.1, 0.15) is 127 Å².